The maximum atomic E-state index is 12.4. The monoisotopic (exact) mass is 299 g/mol. The summed E-state index contributed by atoms with van der Waals surface area (Å²) in [7, 11) is 0. The van der Waals surface area contributed by atoms with Crippen molar-refractivity contribution in [3.05, 3.63) is 48.0 Å². The number of amides is 1. The summed E-state index contributed by atoms with van der Waals surface area (Å²) in [4.78, 5) is 23.8. The Hall–Kier alpha value is -2.10. The zero-order chi connectivity index (χ0) is 15.5. The number of nitrogens with one attached hydrogen (secondary N) is 1. The molecule has 0 unspecified atom stereocenters. The molecule has 4 atom stereocenters. The summed E-state index contributed by atoms with van der Waals surface area (Å²) in [6.07, 6.45) is 6.56. The van der Waals surface area contributed by atoms with Gasteiger partial charge in [-0.3, -0.25) is 9.59 Å². The van der Waals surface area contributed by atoms with E-state index in [9.17, 15) is 14.7 Å². The molecule has 4 nitrogen and oxygen atoms in total. The second kappa shape index (κ2) is 6.34. The Morgan fingerprint density at radius 3 is 2.45 bits per heavy atom. The first-order chi connectivity index (χ1) is 10.7. The van der Waals surface area contributed by atoms with Crippen LogP contribution in [0.1, 0.15) is 18.4 Å². The van der Waals surface area contributed by atoms with Crippen LogP contribution in [-0.4, -0.2) is 23.5 Å². The second-order valence-corrected chi connectivity index (χ2v) is 6.22. The number of benzene rings is 1. The fraction of sp³-hybridized carbons (Fsp3) is 0.444. The van der Waals surface area contributed by atoms with Crippen LogP contribution in [0.25, 0.3) is 0 Å². The molecule has 3 rings (SSSR count). The smallest absolute Gasteiger partial charge is 0.307 e. The molecule has 0 saturated heterocycles. The van der Waals surface area contributed by atoms with Gasteiger partial charge in [-0.15, -0.1) is 0 Å². The Bertz CT molecular complexity index is 581. The highest BCUT2D eigenvalue weighted by molar-refractivity contribution is 5.86. The van der Waals surface area contributed by atoms with E-state index in [1.807, 2.05) is 30.4 Å². The molecule has 4 heteroatoms. The van der Waals surface area contributed by atoms with Crippen LogP contribution in [0.4, 0.5) is 0 Å². The highest BCUT2D eigenvalue weighted by Gasteiger charge is 2.51. The van der Waals surface area contributed by atoms with Crippen LogP contribution in [0.2, 0.25) is 0 Å². The molecule has 2 N–H and O–H groups in total. The van der Waals surface area contributed by atoms with Gasteiger partial charge in [0.2, 0.25) is 5.91 Å². The highest BCUT2D eigenvalue weighted by atomic mass is 16.4. The number of fused-ring (bicyclic) bond motifs is 2. The summed E-state index contributed by atoms with van der Waals surface area (Å²) in [5, 5.41) is 12.3. The van der Waals surface area contributed by atoms with Gasteiger partial charge < -0.3 is 10.4 Å². The van der Waals surface area contributed by atoms with Crippen LogP contribution in [0, 0.1) is 23.7 Å². The van der Waals surface area contributed by atoms with Crippen LogP contribution >= 0.6 is 0 Å². The normalized spacial score (nSPS) is 28.7. The number of aryl methyl sites for hydroxylation is 1. The molecule has 22 heavy (non-hydrogen) atoms. The van der Waals surface area contributed by atoms with Gasteiger partial charge in [-0.05, 0) is 36.7 Å². The lowest BCUT2D eigenvalue weighted by Gasteiger charge is -2.23. The molecule has 0 aromatic heterocycles. The van der Waals surface area contributed by atoms with Crippen molar-refractivity contribution in [2.75, 3.05) is 6.54 Å². The van der Waals surface area contributed by atoms with Gasteiger partial charge in [0.05, 0.1) is 11.8 Å². The molecule has 0 spiro atoms. The van der Waals surface area contributed by atoms with E-state index in [0.717, 1.165) is 19.3 Å². The Morgan fingerprint density at radius 1 is 1.09 bits per heavy atom. The van der Waals surface area contributed by atoms with Gasteiger partial charge in [0.25, 0.3) is 0 Å². The van der Waals surface area contributed by atoms with Crippen LogP contribution in [-0.2, 0) is 16.0 Å². The average Bonchev–Trinajstić information content (AvgIpc) is 3.13. The highest BCUT2D eigenvalue weighted by Crippen LogP contribution is 2.48. The minimum atomic E-state index is -0.846. The van der Waals surface area contributed by atoms with Crippen molar-refractivity contribution in [1.29, 1.82) is 0 Å². The Balaban J connectivity index is 1.50. The van der Waals surface area contributed by atoms with Crippen LogP contribution in [0.15, 0.2) is 42.5 Å². The van der Waals surface area contributed by atoms with Gasteiger partial charge in [0, 0.05) is 6.54 Å². The Labute approximate surface area is 130 Å². The minimum Gasteiger partial charge on any atom is -0.481 e. The van der Waals surface area contributed by atoms with Crippen LogP contribution in [0.5, 0.6) is 0 Å². The van der Waals surface area contributed by atoms with E-state index in [2.05, 4.69) is 17.4 Å². The van der Waals surface area contributed by atoms with Crippen molar-refractivity contribution in [1.82, 2.24) is 5.32 Å². The molecule has 2 aliphatic rings. The number of carboxylic acids is 1. The Morgan fingerprint density at radius 2 is 1.77 bits per heavy atom. The lowest BCUT2D eigenvalue weighted by Crippen LogP contribution is -2.40. The molecule has 0 heterocycles. The summed E-state index contributed by atoms with van der Waals surface area (Å²) >= 11 is 0. The largest absolute Gasteiger partial charge is 0.481 e. The third kappa shape index (κ3) is 2.91. The first-order valence-electron chi connectivity index (χ1n) is 7.89. The van der Waals surface area contributed by atoms with Gasteiger partial charge in [-0.2, -0.15) is 0 Å². The standard InChI is InChI=1S/C18H21NO3/c20-17(19-10-4-7-12-5-2-1-3-6-12)15-13-8-9-14(11-13)16(15)18(21)22/h1-3,5-6,8-9,13-16H,4,7,10-11H2,(H,19,20)(H,21,22)/t13-,14+,15+,16-/m0/s1. The number of carbonyl (C=O) groups is 2. The minimum absolute atomic E-state index is 0.0302. The third-order valence-corrected chi connectivity index (χ3v) is 4.83. The summed E-state index contributed by atoms with van der Waals surface area (Å²) < 4.78 is 0. The maximum Gasteiger partial charge on any atom is 0.307 e. The van der Waals surface area contributed by atoms with E-state index >= 15 is 0 Å². The number of allylic oxidation sites excluding steroid dienone is 2. The second-order valence-electron chi connectivity index (χ2n) is 6.22. The fourth-order valence-electron chi connectivity index (χ4n) is 3.78. The van der Waals surface area contributed by atoms with E-state index < -0.39 is 17.8 Å². The molecule has 1 aromatic rings. The lowest BCUT2D eigenvalue weighted by atomic mass is 9.82. The molecule has 1 aromatic carbocycles. The predicted octanol–water partition coefficient (Wildman–Crippen LogP) is 2.26. The summed E-state index contributed by atoms with van der Waals surface area (Å²) in [5.74, 6) is -1.77. The van der Waals surface area contributed by atoms with Crippen LogP contribution in [0.3, 0.4) is 0 Å². The van der Waals surface area contributed by atoms with E-state index in [0.29, 0.717) is 6.54 Å². The number of hydrogen-bond acceptors (Lipinski definition) is 2. The third-order valence-electron chi connectivity index (χ3n) is 4.83. The SMILES string of the molecule is O=C(O)[C@@H]1[C@H](C(=O)NCCCc2ccccc2)[C@H]2C=C[C@@H]1C2. The molecule has 0 radical (unpaired) electrons. The van der Waals surface area contributed by atoms with Crippen molar-refractivity contribution < 1.29 is 14.7 Å². The number of aliphatic carboxylic acids is 1. The van der Waals surface area contributed by atoms with Gasteiger partial charge in [0.15, 0.2) is 0 Å². The predicted molar refractivity (Wildman–Crippen MR) is 83.1 cm³/mol. The molecule has 116 valence electrons. The average molecular weight is 299 g/mol. The van der Waals surface area contributed by atoms with Crippen molar-refractivity contribution in [2.45, 2.75) is 19.3 Å². The van der Waals surface area contributed by atoms with Crippen molar-refractivity contribution in [3.63, 3.8) is 0 Å². The maximum absolute atomic E-state index is 12.4. The molecule has 1 amide bonds. The summed E-state index contributed by atoms with van der Waals surface area (Å²) in [6.45, 7) is 0.595. The summed E-state index contributed by atoms with van der Waals surface area (Å²) in [6, 6.07) is 10.1. The van der Waals surface area contributed by atoms with E-state index in [4.69, 9.17) is 0 Å². The fourth-order valence-corrected chi connectivity index (χ4v) is 3.78. The molecular formula is C18H21NO3. The van der Waals surface area contributed by atoms with E-state index in [-0.39, 0.29) is 17.7 Å². The molecular weight excluding hydrogens is 278 g/mol. The zero-order valence-corrected chi connectivity index (χ0v) is 12.4. The molecule has 1 saturated carbocycles. The molecule has 2 aliphatic carbocycles. The molecule has 2 bridgehead atoms. The van der Waals surface area contributed by atoms with Gasteiger partial charge >= 0.3 is 5.97 Å². The van der Waals surface area contributed by atoms with E-state index in [1.54, 1.807) is 0 Å². The first-order valence-corrected chi connectivity index (χ1v) is 7.89. The van der Waals surface area contributed by atoms with E-state index in [1.165, 1.54) is 5.56 Å². The molecule has 1 fully saturated rings. The number of carbonyl (C=O) groups excluding carboxylic acids is 1. The number of carboxylic acid groups (broad SMARTS) is 1. The van der Waals surface area contributed by atoms with Crippen molar-refractivity contribution >= 4 is 11.9 Å². The Kier molecular flexibility index (Phi) is 4.27. The lowest BCUT2D eigenvalue weighted by molar-refractivity contribution is -0.147. The van der Waals surface area contributed by atoms with Crippen molar-refractivity contribution in [2.24, 2.45) is 23.7 Å². The first kappa shape index (κ1) is 14.8. The van der Waals surface area contributed by atoms with Gasteiger partial charge in [-0.1, -0.05) is 42.5 Å². The molecule has 0 aliphatic heterocycles. The van der Waals surface area contributed by atoms with Crippen molar-refractivity contribution in [3.8, 4) is 0 Å². The summed E-state index contributed by atoms with van der Waals surface area (Å²) in [5.41, 5.74) is 1.25. The zero-order valence-electron chi connectivity index (χ0n) is 12.4. The van der Waals surface area contributed by atoms with Gasteiger partial charge in [0.1, 0.15) is 0 Å². The quantitative estimate of drug-likeness (QED) is 0.625. The number of rotatable bonds is 6. The van der Waals surface area contributed by atoms with Gasteiger partial charge in [-0.25, -0.2) is 0 Å². The van der Waals surface area contributed by atoms with Crippen LogP contribution < -0.4 is 5.32 Å². The topological polar surface area (TPSA) is 66.4 Å². The number of hydrogen-bond donors (Lipinski definition) is 2.